The zero-order valence-corrected chi connectivity index (χ0v) is 10.7. The van der Waals surface area contributed by atoms with Crippen molar-refractivity contribution in [3.63, 3.8) is 0 Å². The van der Waals surface area contributed by atoms with Crippen molar-refractivity contribution in [3.8, 4) is 0 Å². The molecule has 0 heterocycles. The lowest BCUT2D eigenvalue weighted by atomic mass is 10.2. The van der Waals surface area contributed by atoms with Crippen LogP contribution in [0.25, 0.3) is 0 Å². The smallest absolute Gasteiger partial charge is 0.253 e. The molecule has 1 atom stereocenters. The number of rotatable bonds is 4. The van der Waals surface area contributed by atoms with Gasteiger partial charge in [0.15, 0.2) is 0 Å². The van der Waals surface area contributed by atoms with E-state index < -0.39 is 0 Å². The van der Waals surface area contributed by atoms with E-state index in [1.165, 1.54) is 0 Å². The molecule has 0 aromatic heterocycles. The van der Waals surface area contributed by atoms with Crippen molar-refractivity contribution in [2.45, 2.75) is 17.9 Å². The second kappa shape index (κ2) is 5.92. The SMILES string of the molecule is COCC(C)N(C)C(=O)c1ccc(S)cc1. The van der Waals surface area contributed by atoms with Crippen molar-refractivity contribution < 1.29 is 9.53 Å². The van der Waals surface area contributed by atoms with Crippen molar-refractivity contribution in [1.82, 2.24) is 4.90 Å². The average molecular weight is 239 g/mol. The zero-order valence-electron chi connectivity index (χ0n) is 9.80. The van der Waals surface area contributed by atoms with Crippen molar-refractivity contribution in [2.24, 2.45) is 0 Å². The second-order valence-electron chi connectivity index (χ2n) is 3.77. The van der Waals surface area contributed by atoms with E-state index in [1.807, 2.05) is 19.1 Å². The summed E-state index contributed by atoms with van der Waals surface area (Å²) in [6, 6.07) is 7.24. The summed E-state index contributed by atoms with van der Waals surface area (Å²) in [4.78, 5) is 14.5. The Labute approximate surface area is 102 Å². The van der Waals surface area contributed by atoms with Crippen LogP contribution in [-0.2, 0) is 4.74 Å². The Hall–Kier alpha value is -1.00. The highest BCUT2D eigenvalue weighted by atomic mass is 32.1. The minimum absolute atomic E-state index is 0.00196. The van der Waals surface area contributed by atoms with E-state index in [2.05, 4.69) is 12.6 Å². The van der Waals surface area contributed by atoms with Crippen LogP contribution in [-0.4, -0.2) is 37.6 Å². The van der Waals surface area contributed by atoms with Crippen LogP contribution in [0.1, 0.15) is 17.3 Å². The third-order valence-corrected chi connectivity index (χ3v) is 2.80. The first kappa shape index (κ1) is 13.1. The third-order valence-electron chi connectivity index (χ3n) is 2.50. The minimum Gasteiger partial charge on any atom is -0.383 e. The lowest BCUT2D eigenvalue weighted by Gasteiger charge is -2.24. The summed E-state index contributed by atoms with van der Waals surface area (Å²) in [5.74, 6) is -0.00196. The van der Waals surface area contributed by atoms with Crippen molar-refractivity contribution in [2.75, 3.05) is 20.8 Å². The average Bonchev–Trinajstić information content (AvgIpc) is 2.28. The van der Waals surface area contributed by atoms with Gasteiger partial charge < -0.3 is 9.64 Å². The predicted octanol–water partition coefficient (Wildman–Crippen LogP) is 2.08. The molecule has 0 fully saturated rings. The number of amides is 1. The quantitative estimate of drug-likeness (QED) is 0.815. The summed E-state index contributed by atoms with van der Waals surface area (Å²) in [5.41, 5.74) is 0.670. The maximum absolute atomic E-state index is 12.0. The Morgan fingerprint density at radius 3 is 2.50 bits per heavy atom. The molecule has 1 aromatic carbocycles. The summed E-state index contributed by atoms with van der Waals surface area (Å²) in [6.45, 7) is 2.49. The number of benzene rings is 1. The molecule has 0 aliphatic rings. The molecule has 0 radical (unpaired) electrons. The topological polar surface area (TPSA) is 29.5 Å². The number of thiol groups is 1. The van der Waals surface area contributed by atoms with E-state index in [1.54, 1.807) is 31.2 Å². The lowest BCUT2D eigenvalue weighted by molar-refractivity contribution is 0.0633. The predicted molar refractivity (Wildman–Crippen MR) is 67.1 cm³/mol. The highest BCUT2D eigenvalue weighted by molar-refractivity contribution is 7.80. The maximum atomic E-state index is 12.0. The Balaban J connectivity index is 2.73. The molecule has 88 valence electrons. The van der Waals surface area contributed by atoms with Gasteiger partial charge in [-0.25, -0.2) is 0 Å². The Bertz CT molecular complexity index is 351. The summed E-state index contributed by atoms with van der Waals surface area (Å²) in [6.07, 6.45) is 0. The van der Waals surface area contributed by atoms with E-state index in [0.29, 0.717) is 12.2 Å². The fraction of sp³-hybridized carbons (Fsp3) is 0.417. The van der Waals surface area contributed by atoms with Gasteiger partial charge in [0.1, 0.15) is 0 Å². The van der Waals surface area contributed by atoms with E-state index in [-0.39, 0.29) is 11.9 Å². The summed E-state index contributed by atoms with van der Waals surface area (Å²) < 4.78 is 5.02. The first-order valence-electron chi connectivity index (χ1n) is 5.11. The van der Waals surface area contributed by atoms with Crippen LogP contribution < -0.4 is 0 Å². The summed E-state index contributed by atoms with van der Waals surface area (Å²) in [7, 11) is 3.41. The fourth-order valence-corrected chi connectivity index (χ4v) is 1.51. The van der Waals surface area contributed by atoms with Crippen molar-refractivity contribution >= 4 is 18.5 Å². The molecule has 1 aromatic rings. The number of methoxy groups -OCH3 is 1. The maximum Gasteiger partial charge on any atom is 0.253 e. The zero-order chi connectivity index (χ0) is 12.1. The third kappa shape index (κ3) is 3.25. The van der Waals surface area contributed by atoms with Crippen LogP contribution >= 0.6 is 12.6 Å². The monoisotopic (exact) mass is 239 g/mol. The van der Waals surface area contributed by atoms with Crippen molar-refractivity contribution in [1.29, 1.82) is 0 Å². The molecule has 1 amide bonds. The lowest BCUT2D eigenvalue weighted by Crippen LogP contribution is -2.37. The molecule has 0 aliphatic heterocycles. The summed E-state index contributed by atoms with van der Waals surface area (Å²) >= 11 is 4.18. The van der Waals surface area contributed by atoms with Gasteiger partial charge in [0.05, 0.1) is 12.6 Å². The molecular formula is C12H17NO2S. The molecule has 0 N–H and O–H groups in total. The van der Waals surface area contributed by atoms with Gasteiger partial charge in [-0.3, -0.25) is 4.79 Å². The first-order valence-corrected chi connectivity index (χ1v) is 5.56. The number of hydrogen-bond donors (Lipinski definition) is 1. The standard InChI is InChI=1S/C12H17NO2S/c1-9(8-15-3)13(2)12(14)10-4-6-11(16)7-5-10/h4-7,9,16H,8H2,1-3H3. The van der Waals surface area contributed by atoms with Crippen LogP contribution in [0.2, 0.25) is 0 Å². The van der Waals surface area contributed by atoms with Gasteiger partial charge in [-0.1, -0.05) is 0 Å². The largest absolute Gasteiger partial charge is 0.383 e. The summed E-state index contributed by atoms with van der Waals surface area (Å²) in [5, 5.41) is 0. The highest BCUT2D eigenvalue weighted by Gasteiger charge is 2.16. The molecule has 3 nitrogen and oxygen atoms in total. The van der Waals surface area contributed by atoms with Crippen LogP contribution in [0.3, 0.4) is 0 Å². The van der Waals surface area contributed by atoms with Gasteiger partial charge in [-0.15, -0.1) is 12.6 Å². The second-order valence-corrected chi connectivity index (χ2v) is 4.28. The van der Waals surface area contributed by atoms with E-state index >= 15 is 0 Å². The van der Waals surface area contributed by atoms with E-state index in [0.717, 1.165) is 4.90 Å². The Morgan fingerprint density at radius 2 is 2.00 bits per heavy atom. The van der Waals surface area contributed by atoms with Gasteiger partial charge in [-0.2, -0.15) is 0 Å². The van der Waals surface area contributed by atoms with Crippen LogP contribution in [0, 0.1) is 0 Å². The Morgan fingerprint density at radius 1 is 1.44 bits per heavy atom. The van der Waals surface area contributed by atoms with E-state index in [4.69, 9.17) is 4.74 Å². The number of ether oxygens (including phenoxy) is 1. The number of carbonyl (C=O) groups is 1. The molecule has 0 spiro atoms. The van der Waals surface area contributed by atoms with Gasteiger partial charge >= 0.3 is 0 Å². The number of nitrogens with zero attached hydrogens (tertiary/aromatic N) is 1. The molecule has 0 bridgehead atoms. The molecule has 1 rings (SSSR count). The molecule has 0 aliphatic carbocycles. The van der Waals surface area contributed by atoms with Gasteiger partial charge in [0.2, 0.25) is 0 Å². The molecular weight excluding hydrogens is 222 g/mol. The van der Waals surface area contributed by atoms with Crippen LogP contribution in [0.15, 0.2) is 29.2 Å². The Kier molecular flexibility index (Phi) is 4.83. The molecule has 16 heavy (non-hydrogen) atoms. The highest BCUT2D eigenvalue weighted by Crippen LogP contribution is 2.11. The van der Waals surface area contributed by atoms with E-state index in [9.17, 15) is 4.79 Å². The molecule has 0 saturated heterocycles. The van der Waals surface area contributed by atoms with Crippen LogP contribution in [0.4, 0.5) is 0 Å². The minimum atomic E-state index is -0.00196. The fourth-order valence-electron chi connectivity index (χ4n) is 1.36. The molecule has 4 heteroatoms. The van der Waals surface area contributed by atoms with Gasteiger partial charge in [0.25, 0.3) is 5.91 Å². The van der Waals surface area contributed by atoms with Crippen LogP contribution in [0.5, 0.6) is 0 Å². The molecule has 1 unspecified atom stereocenters. The van der Waals surface area contributed by atoms with Gasteiger partial charge in [-0.05, 0) is 31.2 Å². The first-order chi connectivity index (χ1) is 7.56. The number of carbonyl (C=O) groups excluding carboxylic acids is 1. The van der Waals surface area contributed by atoms with Gasteiger partial charge in [0, 0.05) is 24.6 Å². The van der Waals surface area contributed by atoms with Crippen molar-refractivity contribution in [3.05, 3.63) is 29.8 Å². The number of hydrogen-bond acceptors (Lipinski definition) is 3. The number of likely N-dealkylation sites (N-methyl/N-ethyl adjacent to an activating group) is 1. The molecule has 0 saturated carbocycles. The normalized spacial score (nSPS) is 12.2.